The summed E-state index contributed by atoms with van der Waals surface area (Å²) >= 11 is 5.87. The molecule has 3 aromatic rings. The summed E-state index contributed by atoms with van der Waals surface area (Å²) in [4.78, 5) is 2.14. The van der Waals surface area contributed by atoms with E-state index >= 15 is 0 Å². The molecular weight excluding hydrogens is 350 g/mol. The maximum absolute atomic E-state index is 10.4. The number of furan rings is 1. The van der Waals surface area contributed by atoms with Gasteiger partial charge in [0.15, 0.2) is 0 Å². The molecule has 0 saturated heterocycles. The van der Waals surface area contributed by atoms with Crippen molar-refractivity contribution in [1.29, 1.82) is 0 Å². The maximum Gasteiger partial charge on any atom is 0.119 e. The van der Waals surface area contributed by atoms with E-state index in [2.05, 4.69) is 17.0 Å². The number of halogens is 1. The summed E-state index contributed by atoms with van der Waals surface area (Å²) in [5, 5.41) is 11.1. The van der Waals surface area contributed by atoms with Crippen LogP contribution in [0, 0.1) is 0 Å². The van der Waals surface area contributed by atoms with Crippen LogP contribution in [0.4, 0.5) is 0 Å². The standard InChI is InChI=1S/C21H22ClNO3/c22-18-8-10-20(11-9-18)26-16-19(24)14-23(15-21-7-4-12-25-21)13-17-5-2-1-3-6-17/h1-12,19,24H,13-16H2. The van der Waals surface area contributed by atoms with E-state index < -0.39 is 6.10 Å². The summed E-state index contributed by atoms with van der Waals surface area (Å²) in [5.41, 5.74) is 1.19. The Morgan fingerprint density at radius 1 is 0.962 bits per heavy atom. The van der Waals surface area contributed by atoms with Gasteiger partial charge in [-0.15, -0.1) is 0 Å². The first kappa shape index (κ1) is 18.5. The van der Waals surface area contributed by atoms with Crippen LogP contribution in [-0.4, -0.2) is 29.3 Å². The Morgan fingerprint density at radius 3 is 2.42 bits per heavy atom. The molecule has 1 atom stereocenters. The van der Waals surface area contributed by atoms with Gasteiger partial charge in [0.2, 0.25) is 0 Å². The molecule has 26 heavy (non-hydrogen) atoms. The van der Waals surface area contributed by atoms with Gasteiger partial charge in [-0.2, -0.15) is 0 Å². The number of hydrogen-bond donors (Lipinski definition) is 1. The molecule has 2 aromatic carbocycles. The monoisotopic (exact) mass is 371 g/mol. The van der Waals surface area contributed by atoms with Gasteiger partial charge < -0.3 is 14.3 Å². The third kappa shape index (κ3) is 5.92. The summed E-state index contributed by atoms with van der Waals surface area (Å²) < 4.78 is 11.1. The fourth-order valence-electron chi connectivity index (χ4n) is 2.72. The largest absolute Gasteiger partial charge is 0.491 e. The number of aliphatic hydroxyl groups is 1. The van der Waals surface area contributed by atoms with E-state index in [1.54, 1.807) is 30.5 Å². The molecule has 1 aromatic heterocycles. The minimum absolute atomic E-state index is 0.213. The molecule has 3 rings (SSSR count). The molecule has 0 aliphatic rings. The Kier molecular flexibility index (Phi) is 6.72. The zero-order valence-corrected chi connectivity index (χ0v) is 15.2. The summed E-state index contributed by atoms with van der Waals surface area (Å²) in [6.07, 6.45) is 1.04. The highest BCUT2D eigenvalue weighted by atomic mass is 35.5. The molecule has 0 fully saturated rings. The SMILES string of the molecule is OC(COc1ccc(Cl)cc1)CN(Cc1ccccc1)Cc1ccco1. The van der Waals surface area contributed by atoms with Crippen molar-refractivity contribution in [3.63, 3.8) is 0 Å². The Labute approximate surface area is 158 Å². The van der Waals surface area contributed by atoms with E-state index in [9.17, 15) is 5.11 Å². The fourth-order valence-corrected chi connectivity index (χ4v) is 2.85. The first-order valence-corrected chi connectivity index (χ1v) is 8.92. The number of nitrogens with zero attached hydrogens (tertiary/aromatic N) is 1. The van der Waals surface area contributed by atoms with Gasteiger partial charge >= 0.3 is 0 Å². The van der Waals surface area contributed by atoms with Gasteiger partial charge in [0.05, 0.1) is 12.8 Å². The van der Waals surface area contributed by atoms with Crippen LogP contribution < -0.4 is 4.74 Å². The van der Waals surface area contributed by atoms with E-state index in [1.807, 2.05) is 30.3 Å². The predicted molar refractivity (Wildman–Crippen MR) is 102 cm³/mol. The van der Waals surface area contributed by atoms with E-state index in [0.29, 0.717) is 23.9 Å². The van der Waals surface area contributed by atoms with Crippen LogP contribution in [0.15, 0.2) is 77.4 Å². The van der Waals surface area contributed by atoms with Gasteiger partial charge in [-0.25, -0.2) is 0 Å². The van der Waals surface area contributed by atoms with Crippen LogP contribution in [-0.2, 0) is 13.1 Å². The van der Waals surface area contributed by atoms with Gasteiger partial charge in [-0.3, -0.25) is 4.90 Å². The quantitative estimate of drug-likeness (QED) is 0.606. The number of benzene rings is 2. The smallest absolute Gasteiger partial charge is 0.119 e. The Balaban J connectivity index is 1.57. The second-order valence-electron chi connectivity index (χ2n) is 6.15. The summed E-state index contributed by atoms with van der Waals surface area (Å²) in [6.45, 7) is 2.04. The van der Waals surface area contributed by atoms with Crippen molar-refractivity contribution in [1.82, 2.24) is 4.90 Å². The average molecular weight is 372 g/mol. The fraction of sp³-hybridized carbons (Fsp3) is 0.238. The lowest BCUT2D eigenvalue weighted by Crippen LogP contribution is -2.35. The van der Waals surface area contributed by atoms with E-state index in [4.69, 9.17) is 20.8 Å². The van der Waals surface area contributed by atoms with Crippen LogP contribution in [0.3, 0.4) is 0 Å². The van der Waals surface area contributed by atoms with Gasteiger partial charge in [-0.1, -0.05) is 41.9 Å². The molecule has 5 heteroatoms. The molecule has 0 aliphatic carbocycles. The molecule has 0 radical (unpaired) electrons. The molecule has 0 aliphatic heterocycles. The first-order chi connectivity index (χ1) is 12.7. The molecule has 0 saturated carbocycles. The lowest BCUT2D eigenvalue weighted by molar-refractivity contribution is 0.0605. The first-order valence-electron chi connectivity index (χ1n) is 8.54. The summed E-state index contributed by atoms with van der Waals surface area (Å²) in [7, 11) is 0. The Hall–Kier alpha value is -2.27. The van der Waals surface area contributed by atoms with Crippen molar-refractivity contribution in [3.05, 3.63) is 89.3 Å². The maximum atomic E-state index is 10.4. The van der Waals surface area contributed by atoms with Gasteiger partial charge in [0.1, 0.15) is 24.2 Å². The number of rotatable bonds is 9. The minimum Gasteiger partial charge on any atom is -0.491 e. The number of ether oxygens (including phenoxy) is 1. The molecule has 0 spiro atoms. The van der Waals surface area contributed by atoms with Gasteiger partial charge in [0.25, 0.3) is 0 Å². The van der Waals surface area contributed by atoms with Crippen molar-refractivity contribution >= 4 is 11.6 Å². The highest BCUT2D eigenvalue weighted by Crippen LogP contribution is 2.16. The molecule has 1 unspecified atom stereocenters. The zero-order chi connectivity index (χ0) is 18.2. The van der Waals surface area contributed by atoms with Crippen molar-refractivity contribution in [2.75, 3.05) is 13.2 Å². The van der Waals surface area contributed by atoms with Crippen LogP contribution in [0.25, 0.3) is 0 Å². The summed E-state index contributed by atoms with van der Waals surface area (Å²) in [5.74, 6) is 1.56. The third-order valence-corrected chi connectivity index (χ3v) is 4.19. The highest BCUT2D eigenvalue weighted by molar-refractivity contribution is 6.30. The Morgan fingerprint density at radius 2 is 1.73 bits per heavy atom. The van der Waals surface area contributed by atoms with Crippen LogP contribution in [0.2, 0.25) is 5.02 Å². The van der Waals surface area contributed by atoms with E-state index in [0.717, 1.165) is 12.3 Å². The van der Waals surface area contributed by atoms with E-state index in [-0.39, 0.29) is 6.61 Å². The molecule has 4 nitrogen and oxygen atoms in total. The van der Waals surface area contributed by atoms with E-state index in [1.165, 1.54) is 5.56 Å². The van der Waals surface area contributed by atoms with Crippen molar-refractivity contribution in [2.24, 2.45) is 0 Å². The zero-order valence-electron chi connectivity index (χ0n) is 14.4. The normalized spacial score (nSPS) is 12.3. The number of hydrogen-bond acceptors (Lipinski definition) is 4. The molecular formula is C21H22ClNO3. The average Bonchev–Trinajstić information content (AvgIpc) is 3.15. The van der Waals surface area contributed by atoms with Gasteiger partial charge in [0, 0.05) is 18.1 Å². The topological polar surface area (TPSA) is 45.8 Å². The van der Waals surface area contributed by atoms with Crippen LogP contribution in [0.1, 0.15) is 11.3 Å². The van der Waals surface area contributed by atoms with Crippen LogP contribution >= 0.6 is 11.6 Å². The Bertz CT molecular complexity index is 760. The minimum atomic E-state index is -0.621. The lowest BCUT2D eigenvalue weighted by Gasteiger charge is -2.24. The van der Waals surface area contributed by atoms with Crippen LogP contribution in [0.5, 0.6) is 5.75 Å². The second kappa shape index (κ2) is 9.43. The van der Waals surface area contributed by atoms with Crippen molar-refractivity contribution in [2.45, 2.75) is 19.2 Å². The van der Waals surface area contributed by atoms with Crippen molar-refractivity contribution in [3.8, 4) is 5.75 Å². The van der Waals surface area contributed by atoms with Crippen molar-refractivity contribution < 1.29 is 14.3 Å². The second-order valence-corrected chi connectivity index (χ2v) is 6.59. The summed E-state index contributed by atoms with van der Waals surface area (Å²) in [6, 6.07) is 21.1. The van der Waals surface area contributed by atoms with Gasteiger partial charge in [-0.05, 0) is 42.0 Å². The highest BCUT2D eigenvalue weighted by Gasteiger charge is 2.15. The molecule has 1 N–H and O–H groups in total. The molecule has 0 amide bonds. The molecule has 136 valence electrons. The predicted octanol–water partition coefficient (Wildman–Crippen LogP) is 4.38. The number of aliphatic hydroxyl groups excluding tert-OH is 1. The lowest BCUT2D eigenvalue weighted by atomic mass is 10.2. The molecule has 1 heterocycles. The third-order valence-electron chi connectivity index (χ3n) is 3.93. The molecule has 0 bridgehead atoms.